The molecule has 5 rings (SSSR count). The predicted octanol–water partition coefficient (Wildman–Crippen LogP) is -0.303. The van der Waals surface area contributed by atoms with Gasteiger partial charge < -0.3 is 50.2 Å². The fourth-order valence-corrected chi connectivity index (χ4v) is 7.46. The highest BCUT2D eigenvalue weighted by Crippen LogP contribution is 2.24. The van der Waals surface area contributed by atoms with E-state index >= 15 is 0 Å². The summed E-state index contributed by atoms with van der Waals surface area (Å²) >= 11 is 0. The van der Waals surface area contributed by atoms with Crippen molar-refractivity contribution in [3.05, 3.63) is 88.7 Å². The van der Waals surface area contributed by atoms with Gasteiger partial charge >= 0.3 is 0 Å². The summed E-state index contributed by atoms with van der Waals surface area (Å²) < 4.78 is 0. The number of aromatic amines is 4. The fraction of sp³-hybridized carbons (Fsp3) is 0.450. The quantitative estimate of drug-likeness (QED) is 0.0781. The Bertz CT molecular complexity index is 2020. The number of carbonyl (C=O) groups is 2. The molecule has 8 bridgehead atoms. The first-order valence-corrected chi connectivity index (χ1v) is 18.2. The van der Waals surface area contributed by atoms with Crippen molar-refractivity contribution in [2.75, 3.05) is 52.6 Å². The molecule has 0 spiro atoms. The van der Waals surface area contributed by atoms with Gasteiger partial charge in [0.05, 0.1) is 39.3 Å². The van der Waals surface area contributed by atoms with E-state index in [-0.39, 0.29) is 77.3 Å². The Morgan fingerprint density at radius 3 is 1.12 bits per heavy atom. The molecule has 1 aliphatic heterocycles. The third kappa shape index (κ3) is 7.75. The average Bonchev–Trinajstić information content (AvgIpc) is 3.78. The van der Waals surface area contributed by atoms with Gasteiger partial charge in [0.25, 0.3) is 0 Å². The van der Waals surface area contributed by atoms with E-state index in [1.807, 2.05) is 13.8 Å². The van der Waals surface area contributed by atoms with Crippen molar-refractivity contribution < 1.29 is 30.0 Å². The third-order valence-corrected chi connectivity index (χ3v) is 10.5. The number of aromatic nitrogens is 4. The van der Waals surface area contributed by atoms with Crippen LogP contribution < -0.4 is 21.4 Å². The molecule has 280 valence electrons. The third-order valence-electron chi connectivity index (χ3n) is 10.5. The second kappa shape index (κ2) is 16.8. The minimum absolute atomic E-state index is 0.102. The predicted molar refractivity (Wildman–Crippen MR) is 203 cm³/mol. The van der Waals surface area contributed by atoms with Gasteiger partial charge in [-0.25, -0.2) is 0 Å². The van der Waals surface area contributed by atoms with Crippen LogP contribution in [0.25, 0.3) is 24.3 Å². The zero-order valence-corrected chi connectivity index (χ0v) is 31.3. The largest absolute Gasteiger partial charge is 0.395 e. The van der Waals surface area contributed by atoms with Crippen molar-refractivity contribution >= 4 is 36.1 Å². The van der Waals surface area contributed by atoms with E-state index in [0.717, 1.165) is 102 Å². The smallest absolute Gasteiger partial charge is 0.227 e. The van der Waals surface area contributed by atoms with E-state index in [0.29, 0.717) is 0 Å². The lowest BCUT2D eigenvalue weighted by Crippen LogP contribution is -2.37. The molecule has 0 saturated heterocycles. The van der Waals surface area contributed by atoms with E-state index in [1.54, 1.807) is 0 Å². The topological polar surface area (TPSA) is 185 Å². The molecular weight excluding hydrogens is 660 g/mol. The molecule has 1 aliphatic rings. The maximum absolute atomic E-state index is 13.5. The first kappa shape index (κ1) is 38.6. The lowest BCUT2D eigenvalue weighted by molar-refractivity contribution is -0.132. The van der Waals surface area contributed by atoms with Gasteiger partial charge in [-0.2, -0.15) is 0 Å². The molecule has 0 radical (unpaired) electrons. The van der Waals surface area contributed by atoms with Crippen molar-refractivity contribution in [1.29, 1.82) is 0 Å². The molecule has 0 unspecified atom stereocenters. The summed E-state index contributed by atoms with van der Waals surface area (Å²) in [5.74, 6) is -0.345. The van der Waals surface area contributed by atoms with Gasteiger partial charge in [0.15, 0.2) is 0 Å². The van der Waals surface area contributed by atoms with Gasteiger partial charge in [-0.3, -0.25) is 9.59 Å². The van der Waals surface area contributed by atoms with Crippen LogP contribution in [0.4, 0.5) is 0 Å². The summed E-state index contributed by atoms with van der Waals surface area (Å²) in [5, 5.41) is 42.1. The highest BCUT2D eigenvalue weighted by atomic mass is 16.3. The number of carbonyl (C=O) groups excluding carboxylic acids is 2. The number of H-pyrrole nitrogens is 4. The van der Waals surface area contributed by atoms with E-state index in [2.05, 4.69) is 71.9 Å². The zero-order chi connectivity index (χ0) is 37.7. The Morgan fingerprint density at radius 1 is 0.481 bits per heavy atom. The normalized spacial score (nSPS) is 12.2. The van der Waals surface area contributed by atoms with Crippen LogP contribution in [0.1, 0.15) is 81.1 Å². The van der Waals surface area contributed by atoms with E-state index in [4.69, 9.17) is 0 Å². The number of nitrogens with one attached hydrogen (secondary N) is 4. The Kier molecular flexibility index (Phi) is 12.5. The standard InChI is InChI=1S/C40H54N6O6/c1-7-27-23(3)31-21-37-30(18-40(52)46(11-15-49)12-16-50)26(6)34(44-37)20-36-28(8-2)24(4)32(42-36)22-38-29(17-39(51)45(9-13-47)10-14-48)25(5)33(43-38)19-35(27)41-31/h19-22,41-44,47-50H,7-18H2,1-6H3. The number of aliphatic hydroxyl groups excluding tert-OH is 4. The molecule has 52 heavy (non-hydrogen) atoms. The highest BCUT2D eigenvalue weighted by molar-refractivity contribution is 5.82. The number of aliphatic hydroxyl groups is 4. The van der Waals surface area contributed by atoms with Crippen LogP contribution in [0.2, 0.25) is 0 Å². The number of rotatable bonds is 14. The maximum Gasteiger partial charge on any atom is 0.227 e. The molecule has 4 aromatic rings. The molecule has 5 heterocycles. The van der Waals surface area contributed by atoms with Crippen LogP contribution >= 0.6 is 0 Å². The summed E-state index contributed by atoms with van der Waals surface area (Å²) in [4.78, 5) is 44.6. The van der Waals surface area contributed by atoms with Gasteiger partial charge in [0, 0.05) is 70.4 Å². The second-order valence-corrected chi connectivity index (χ2v) is 13.5. The van der Waals surface area contributed by atoms with Crippen molar-refractivity contribution in [3.8, 4) is 0 Å². The highest BCUT2D eigenvalue weighted by Gasteiger charge is 2.22. The molecule has 0 aliphatic carbocycles. The molecule has 0 saturated carbocycles. The first-order valence-electron chi connectivity index (χ1n) is 18.2. The molecule has 2 amide bonds. The summed E-state index contributed by atoms with van der Waals surface area (Å²) in [6.07, 6.45) is 10.0. The van der Waals surface area contributed by atoms with Crippen LogP contribution in [-0.2, 0) is 35.3 Å². The van der Waals surface area contributed by atoms with Crippen LogP contribution in [0.5, 0.6) is 0 Å². The van der Waals surface area contributed by atoms with Gasteiger partial charge in [0.2, 0.25) is 11.8 Å². The van der Waals surface area contributed by atoms with Crippen LogP contribution in [0.3, 0.4) is 0 Å². The molecule has 12 heteroatoms. The summed E-state index contributed by atoms with van der Waals surface area (Å²) in [5.41, 5.74) is 11.4. The van der Waals surface area contributed by atoms with Gasteiger partial charge in [-0.05, 0) is 109 Å². The summed E-state index contributed by atoms with van der Waals surface area (Å²) in [7, 11) is 0. The van der Waals surface area contributed by atoms with E-state index in [1.165, 1.54) is 9.80 Å². The maximum atomic E-state index is 13.5. The Balaban J connectivity index is 1.80. The molecule has 4 aromatic heterocycles. The first-order chi connectivity index (χ1) is 25.0. The minimum atomic E-state index is -0.187. The zero-order valence-electron chi connectivity index (χ0n) is 31.3. The van der Waals surface area contributed by atoms with Crippen LogP contribution in [0, 0.1) is 27.7 Å². The molecule has 0 fully saturated rings. The average molecular weight is 715 g/mol. The molecule has 8 N–H and O–H groups in total. The summed E-state index contributed by atoms with van der Waals surface area (Å²) in [6.45, 7) is 12.3. The fourth-order valence-electron chi connectivity index (χ4n) is 7.46. The molecule has 0 atom stereocenters. The van der Waals surface area contributed by atoms with Gasteiger partial charge in [0.1, 0.15) is 0 Å². The van der Waals surface area contributed by atoms with Crippen LogP contribution in [0.15, 0.2) is 0 Å². The van der Waals surface area contributed by atoms with Crippen molar-refractivity contribution in [2.24, 2.45) is 0 Å². The monoisotopic (exact) mass is 714 g/mol. The Hall–Kier alpha value is -4.62. The van der Waals surface area contributed by atoms with Gasteiger partial charge in [-0.15, -0.1) is 0 Å². The molecule has 12 nitrogen and oxygen atoms in total. The Morgan fingerprint density at radius 2 is 0.808 bits per heavy atom. The SMILES string of the molecule is CCc1c(C)c2[nH]c1=Cc1[nH]c(c(CC(=O)N(CCO)CCO)c1C)C=c1[nH]c(c(CC)c1C)=Cc1[nH]c(c(CC(=O)N(CCO)CCO)c1C)C=2. The number of fused-ring (bicyclic) bond motifs is 8. The number of amides is 2. The number of hydrogen-bond donors (Lipinski definition) is 8. The Labute approximate surface area is 303 Å². The van der Waals surface area contributed by atoms with Gasteiger partial charge in [-0.1, -0.05) is 13.8 Å². The minimum Gasteiger partial charge on any atom is -0.395 e. The van der Waals surface area contributed by atoms with Crippen molar-refractivity contribution in [3.63, 3.8) is 0 Å². The summed E-state index contributed by atoms with van der Waals surface area (Å²) in [6, 6.07) is 0. The molecular formula is C40H54N6O6. The van der Waals surface area contributed by atoms with Crippen molar-refractivity contribution in [1.82, 2.24) is 29.7 Å². The van der Waals surface area contributed by atoms with Crippen LogP contribution in [-0.4, -0.2) is 115 Å². The second-order valence-electron chi connectivity index (χ2n) is 13.5. The van der Waals surface area contributed by atoms with E-state index < -0.39 is 0 Å². The van der Waals surface area contributed by atoms with Crippen molar-refractivity contribution in [2.45, 2.75) is 67.2 Å². The van der Waals surface area contributed by atoms with E-state index in [9.17, 15) is 30.0 Å². The molecule has 0 aromatic carbocycles. The lowest BCUT2D eigenvalue weighted by atomic mass is 10.0. The number of hydrogen-bond acceptors (Lipinski definition) is 6. The lowest BCUT2D eigenvalue weighted by Gasteiger charge is -2.20. The number of nitrogens with zero attached hydrogens (tertiary/aromatic N) is 2.